The predicted octanol–water partition coefficient (Wildman–Crippen LogP) is 3.35. The predicted molar refractivity (Wildman–Crippen MR) is 62.4 cm³/mol. The van der Waals surface area contributed by atoms with E-state index < -0.39 is 6.10 Å². The van der Waals surface area contributed by atoms with Crippen LogP contribution in [0.25, 0.3) is 0 Å². The minimum absolute atomic E-state index is 0.0938. The van der Waals surface area contributed by atoms with Crippen molar-refractivity contribution in [1.82, 2.24) is 0 Å². The minimum atomic E-state index is -0.601. The molecule has 1 aromatic carbocycles. The molecule has 0 aromatic heterocycles. The number of halogens is 1. The number of hydrogen-bond acceptors (Lipinski definition) is 2. The highest BCUT2D eigenvalue weighted by atomic mass is 35.5. The molecule has 0 spiro atoms. The molecule has 2 nitrogen and oxygen atoms in total. The van der Waals surface area contributed by atoms with Gasteiger partial charge in [-0.3, -0.25) is 0 Å². The van der Waals surface area contributed by atoms with E-state index in [4.69, 9.17) is 16.3 Å². The highest BCUT2D eigenvalue weighted by Crippen LogP contribution is 2.29. The van der Waals surface area contributed by atoms with Crippen molar-refractivity contribution in [2.75, 3.05) is 0 Å². The van der Waals surface area contributed by atoms with E-state index in [0.717, 1.165) is 0 Å². The molecule has 0 amide bonds. The molecule has 0 saturated carbocycles. The summed E-state index contributed by atoms with van der Waals surface area (Å²) in [7, 11) is 0. The van der Waals surface area contributed by atoms with Gasteiger partial charge in [-0.1, -0.05) is 24.3 Å². The van der Waals surface area contributed by atoms with Crippen molar-refractivity contribution in [2.45, 2.75) is 26.1 Å². The normalized spacial score (nSPS) is 14.4. The summed E-state index contributed by atoms with van der Waals surface area (Å²) in [5.41, 5.74) is 0.691. The Morgan fingerprint density at radius 1 is 1.47 bits per heavy atom. The van der Waals surface area contributed by atoms with Gasteiger partial charge in [-0.2, -0.15) is 0 Å². The lowest BCUT2D eigenvalue weighted by atomic mass is 10.1. The maximum absolute atomic E-state index is 9.55. The fraction of sp³-hybridized carbons (Fsp3) is 0.333. The molecule has 1 N–H and O–H groups in total. The van der Waals surface area contributed by atoms with E-state index in [2.05, 4.69) is 6.58 Å². The van der Waals surface area contributed by atoms with Gasteiger partial charge in [0.25, 0.3) is 0 Å². The third-order valence-corrected chi connectivity index (χ3v) is 2.30. The fourth-order valence-electron chi connectivity index (χ4n) is 1.20. The quantitative estimate of drug-likeness (QED) is 0.798. The van der Waals surface area contributed by atoms with Crippen LogP contribution in [0.2, 0.25) is 5.02 Å². The average Bonchev–Trinajstić information content (AvgIpc) is 2.20. The Morgan fingerprint density at radius 2 is 2.13 bits per heavy atom. The van der Waals surface area contributed by atoms with Gasteiger partial charge in [0.05, 0.1) is 6.10 Å². The number of aliphatic hydroxyl groups excluding tert-OH is 1. The Balaban J connectivity index is 3.00. The summed E-state index contributed by atoms with van der Waals surface area (Å²) < 4.78 is 5.57. The van der Waals surface area contributed by atoms with Crippen molar-refractivity contribution in [3.8, 4) is 5.75 Å². The summed E-state index contributed by atoms with van der Waals surface area (Å²) in [6, 6.07) is 5.19. The highest BCUT2D eigenvalue weighted by Gasteiger charge is 2.11. The SMILES string of the molecule is C=CC(C)Oc1ccc(Cl)cc1C(C)O. The van der Waals surface area contributed by atoms with Crippen LogP contribution >= 0.6 is 11.6 Å². The van der Waals surface area contributed by atoms with Gasteiger partial charge in [-0.05, 0) is 32.0 Å². The van der Waals surface area contributed by atoms with Gasteiger partial charge in [0.15, 0.2) is 0 Å². The van der Waals surface area contributed by atoms with Crippen molar-refractivity contribution in [3.63, 3.8) is 0 Å². The number of rotatable bonds is 4. The van der Waals surface area contributed by atoms with Crippen LogP contribution in [0, 0.1) is 0 Å². The molecule has 1 aromatic rings. The molecule has 2 atom stereocenters. The number of aliphatic hydroxyl groups is 1. The largest absolute Gasteiger partial charge is 0.486 e. The molecule has 0 fully saturated rings. The first kappa shape index (κ1) is 12.1. The third-order valence-electron chi connectivity index (χ3n) is 2.07. The first-order valence-corrected chi connectivity index (χ1v) is 5.19. The maximum atomic E-state index is 9.55. The van der Waals surface area contributed by atoms with Crippen LogP contribution in [0.3, 0.4) is 0 Å². The van der Waals surface area contributed by atoms with Gasteiger partial charge in [0, 0.05) is 10.6 Å². The second-order valence-corrected chi connectivity index (χ2v) is 3.85. The van der Waals surface area contributed by atoms with E-state index in [9.17, 15) is 5.11 Å². The van der Waals surface area contributed by atoms with Crippen molar-refractivity contribution in [3.05, 3.63) is 41.4 Å². The Labute approximate surface area is 95.1 Å². The van der Waals surface area contributed by atoms with Gasteiger partial charge < -0.3 is 9.84 Å². The Bertz CT molecular complexity index is 347. The Morgan fingerprint density at radius 3 is 2.67 bits per heavy atom. The smallest absolute Gasteiger partial charge is 0.126 e. The molecule has 0 radical (unpaired) electrons. The van der Waals surface area contributed by atoms with Crippen molar-refractivity contribution in [1.29, 1.82) is 0 Å². The topological polar surface area (TPSA) is 29.5 Å². The van der Waals surface area contributed by atoms with Crippen molar-refractivity contribution < 1.29 is 9.84 Å². The molecular weight excluding hydrogens is 212 g/mol. The first-order valence-electron chi connectivity index (χ1n) is 4.81. The van der Waals surface area contributed by atoms with Gasteiger partial charge in [-0.15, -0.1) is 0 Å². The molecule has 1 rings (SSSR count). The molecule has 0 aliphatic rings. The van der Waals surface area contributed by atoms with E-state index in [-0.39, 0.29) is 6.10 Å². The first-order chi connectivity index (χ1) is 7.04. The Hall–Kier alpha value is -0.990. The van der Waals surface area contributed by atoms with Crippen molar-refractivity contribution in [2.24, 2.45) is 0 Å². The zero-order chi connectivity index (χ0) is 11.4. The molecule has 82 valence electrons. The second kappa shape index (κ2) is 5.19. The standard InChI is InChI=1S/C12H15ClO2/c1-4-8(2)15-12-6-5-10(13)7-11(12)9(3)14/h4-9,14H,1H2,2-3H3. The van der Waals surface area contributed by atoms with Crippen LogP contribution in [0.5, 0.6) is 5.75 Å². The maximum Gasteiger partial charge on any atom is 0.126 e. The van der Waals surface area contributed by atoms with Gasteiger partial charge in [-0.25, -0.2) is 0 Å². The summed E-state index contributed by atoms with van der Waals surface area (Å²) in [4.78, 5) is 0. The van der Waals surface area contributed by atoms with Crippen LogP contribution in [-0.2, 0) is 0 Å². The number of ether oxygens (including phenoxy) is 1. The molecular formula is C12H15ClO2. The zero-order valence-electron chi connectivity index (χ0n) is 8.90. The molecule has 2 unspecified atom stereocenters. The van der Waals surface area contributed by atoms with Gasteiger partial charge >= 0.3 is 0 Å². The Kier molecular flexibility index (Phi) is 4.18. The van der Waals surface area contributed by atoms with Gasteiger partial charge in [0.2, 0.25) is 0 Å². The third kappa shape index (κ3) is 3.26. The van der Waals surface area contributed by atoms with Crippen LogP contribution < -0.4 is 4.74 Å². The van der Waals surface area contributed by atoms with Crippen LogP contribution in [0.1, 0.15) is 25.5 Å². The molecule has 0 aliphatic carbocycles. The molecule has 0 aliphatic heterocycles. The monoisotopic (exact) mass is 226 g/mol. The fourth-order valence-corrected chi connectivity index (χ4v) is 1.38. The van der Waals surface area contributed by atoms with Crippen LogP contribution in [-0.4, -0.2) is 11.2 Å². The second-order valence-electron chi connectivity index (χ2n) is 3.42. The molecule has 0 heterocycles. The lowest BCUT2D eigenvalue weighted by Crippen LogP contribution is -2.09. The van der Waals surface area contributed by atoms with Crippen molar-refractivity contribution >= 4 is 11.6 Å². The average molecular weight is 227 g/mol. The number of benzene rings is 1. The minimum Gasteiger partial charge on any atom is -0.486 e. The highest BCUT2D eigenvalue weighted by molar-refractivity contribution is 6.30. The van der Waals surface area contributed by atoms with Crippen LogP contribution in [0.4, 0.5) is 0 Å². The summed E-state index contributed by atoms with van der Waals surface area (Å²) in [6.07, 6.45) is 1.000. The van der Waals surface area contributed by atoms with Gasteiger partial charge in [0.1, 0.15) is 11.9 Å². The van der Waals surface area contributed by atoms with E-state index in [0.29, 0.717) is 16.3 Å². The zero-order valence-corrected chi connectivity index (χ0v) is 9.66. The molecule has 0 saturated heterocycles. The lowest BCUT2D eigenvalue weighted by Gasteiger charge is -2.16. The lowest BCUT2D eigenvalue weighted by molar-refractivity contribution is 0.187. The summed E-state index contributed by atoms with van der Waals surface area (Å²) in [6.45, 7) is 7.20. The van der Waals surface area contributed by atoms with E-state index in [1.54, 1.807) is 31.2 Å². The molecule has 0 bridgehead atoms. The molecule has 3 heteroatoms. The molecule has 15 heavy (non-hydrogen) atoms. The summed E-state index contributed by atoms with van der Waals surface area (Å²) in [5, 5.41) is 10.1. The van der Waals surface area contributed by atoms with E-state index in [1.807, 2.05) is 6.92 Å². The number of hydrogen-bond donors (Lipinski definition) is 1. The van der Waals surface area contributed by atoms with E-state index in [1.165, 1.54) is 0 Å². The van der Waals surface area contributed by atoms with Crippen LogP contribution in [0.15, 0.2) is 30.9 Å². The summed E-state index contributed by atoms with van der Waals surface area (Å²) in [5.74, 6) is 0.641. The summed E-state index contributed by atoms with van der Waals surface area (Å²) >= 11 is 5.84. The van der Waals surface area contributed by atoms with E-state index >= 15 is 0 Å².